The molecule has 8 heteroatoms. The van der Waals surface area contributed by atoms with Gasteiger partial charge in [-0.25, -0.2) is 9.78 Å². The summed E-state index contributed by atoms with van der Waals surface area (Å²) in [4.78, 5) is 33.3. The molecule has 156 valence electrons. The summed E-state index contributed by atoms with van der Waals surface area (Å²) in [6, 6.07) is 7.29. The quantitative estimate of drug-likeness (QED) is 0.379. The Morgan fingerprint density at radius 2 is 2.10 bits per heavy atom. The second-order valence-corrected chi connectivity index (χ2v) is 9.22. The van der Waals surface area contributed by atoms with Crippen molar-refractivity contribution in [3.63, 3.8) is 0 Å². The summed E-state index contributed by atoms with van der Waals surface area (Å²) in [7, 11) is 1.30. The monoisotopic (exact) mass is 442 g/mol. The summed E-state index contributed by atoms with van der Waals surface area (Å²) in [6.07, 6.45) is 0.839. The molecule has 30 heavy (non-hydrogen) atoms. The minimum atomic E-state index is -0.545. The summed E-state index contributed by atoms with van der Waals surface area (Å²) < 4.78 is 12.0. The fourth-order valence-electron chi connectivity index (χ4n) is 3.50. The van der Waals surface area contributed by atoms with Crippen LogP contribution in [-0.2, 0) is 17.7 Å². The van der Waals surface area contributed by atoms with Gasteiger partial charge in [-0.15, -0.1) is 22.7 Å². The summed E-state index contributed by atoms with van der Waals surface area (Å²) >= 11 is 3.22. The number of furan rings is 1. The van der Waals surface area contributed by atoms with Gasteiger partial charge in [0.05, 0.1) is 19.0 Å². The molecule has 0 aliphatic carbocycles. The van der Waals surface area contributed by atoms with Gasteiger partial charge in [0.2, 0.25) is 5.76 Å². The third-order valence-electron chi connectivity index (χ3n) is 4.88. The highest BCUT2D eigenvalue weighted by atomic mass is 32.1. The smallest absolute Gasteiger partial charge is 0.373 e. The molecule has 0 aliphatic heterocycles. The minimum absolute atomic E-state index is 0.0505. The molecule has 0 spiro atoms. The van der Waals surface area contributed by atoms with E-state index >= 15 is 0 Å². The van der Waals surface area contributed by atoms with E-state index in [0.717, 1.165) is 26.6 Å². The van der Waals surface area contributed by atoms with Crippen molar-refractivity contribution in [2.75, 3.05) is 7.11 Å². The topological polar surface area (TPSA) is 74.3 Å². The van der Waals surface area contributed by atoms with E-state index in [0.29, 0.717) is 17.0 Å². The predicted molar refractivity (Wildman–Crippen MR) is 120 cm³/mol. The zero-order valence-electron chi connectivity index (χ0n) is 17.2. The number of carbonyl (C=O) groups excluding carboxylic acids is 1. The molecule has 4 heterocycles. The summed E-state index contributed by atoms with van der Waals surface area (Å²) in [6.45, 7) is 6.33. The van der Waals surface area contributed by atoms with Crippen LogP contribution < -0.4 is 5.56 Å². The average Bonchev–Trinajstić information content (AvgIpc) is 3.48. The molecule has 4 aromatic rings. The zero-order chi connectivity index (χ0) is 21.4. The molecule has 0 unspecified atom stereocenters. The maximum absolute atomic E-state index is 13.7. The van der Waals surface area contributed by atoms with Crippen LogP contribution in [0.1, 0.15) is 53.7 Å². The Bertz CT molecular complexity index is 1260. The lowest BCUT2D eigenvalue weighted by atomic mass is 10.1. The standard InChI is InChI=1S/C22H22N2O4S2/c1-5-15-17(16-7-6-10-29-16)18-20(30-15)23-19(12(2)3)24(21(18)25)11-13-8-9-14(28-13)22(26)27-4/h6-10,12H,5,11H2,1-4H3. The lowest BCUT2D eigenvalue weighted by Crippen LogP contribution is -2.26. The Kier molecular flexibility index (Phi) is 5.62. The second kappa shape index (κ2) is 8.20. The van der Waals surface area contributed by atoms with E-state index in [-0.39, 0.29) is 23.8 Å². The lowest BCUT2D eigenvalue weighted by molar-refractivity contribution is 0.0563. The SMILES string of the molecule is CCc1sc2nc(C(C)C)n(Cc3ccc(C(=O)OC)o3)c(=O)c2c1-c1cccs1. The number of hydrogen-bond donors (Lipinski definition) is 0. The highest BCUT2D eigenvalue weighted by molar-refractivity contribution is 7.20. The van der Waals surface area contributed by atoms with Gasteiger partial charge in [0.1, 0.15) is 16.4 Å². The molecule has 0 radical (unpaired) electrons. The van der Waals surface area contributed by atoms with Gasteiger partial charge >= 0.3 is 5.97 Å². The van der Waals surface area contributed by atoms with E-state index in [4.69, 9.17) is 14.1 Å². The second-order valence-electron chi connectivity index (χ2n) is 7.18. The zero-order valence-corrected chi connectivity index (χ0v) is 18.9. The van der Waals surface area contributed by atoms with Gasteiger partial charge in [-0.2, -0.15) is 0 Å². The molecule has 0 amide bonds. The number of esters is 1. The maximum Gasteiger partial charge on any atom is 0.373 e. The number of ether oxygens (including phenoxy) is 1. The van der Waals surface area contributed by atoms with Crippen molar-refractivity contribution >= 4 is 38.9 Å². The molecule has 0 aliphatic rings. The molecule has 0 saturated heterocycles. The Morgan fingerprint density at radius 1 is 1.30 bits per heavy atom. The number of carbonyl (C=O) groups is 1. The number of aryl methyl sites for hydroxylation is 1. The molecule has 0 saturated carbocycles. The van der Waals surface area contributed by atoms with Gasteiger partial charge in [0.25, 0.3) is 5.56 Å². The van der Waals surface area contributed by atoms with Gasteiger partial charge in [0.15, 0.2) is 0 Å². The summed E-state index contributed by atoms with van der Waals surface area (Å²) in [5.41, 5.74) is 0.905. The summed E-state index contributed by atoms with van der Waals surface area (Å²) in [5, 5.41) is 2.67. The van der Waals surface area contributed by atoms with E-state index < -0.39 is 5.97 Å². The van der Waals surface area contributed by atoms with Gasteiger partial charge in [0, 0.05) is 21.2 Å². The van der Waals surface area contributed by atoms with Crippen LogP contribution in [0, 0.1) is 0 Å². The van der Waals surface area contributed by atoms with Crippen molar-refractivity contribution in [3.8, 4) is 10.4 Å². The predicted octanol–water partition coefficient (Wildman–Crippen LogP) is 5.30. The van der Waals surface area contributed by atoms with Crippen LogP contribution in [0.3, 0.4) is 0 Å². The maximum atomic E-state index is 13.7. The van der Waals surface area contributed by atoms with E-state index in [9.17, 15) is 9.59 Å². The fraction of sp³-hybridized carbons (Fsp3) is 0.318. The van der Waals surface area contributed by atoms with Crippen LogP contribution in [-0.4, -0.2) is 22.6 Å². The molecule has 0 atom stereocenters. The number of nitrogens with zero attached hydrogens (tertiary/aromatic N) is 2. The van der Waals surface area contributed by atoms with Gasteiger partial charge in [-0.1, -0.05) is 26.8 Å². The van der Waals surface area contributed by atoms with E-state index in [1.807, 2.05) is 31.4 Å². The highest BCUT2D eigenvalue weighted by Crippen LogP contribution is 2.39. The molecular weight excluding hydrogens is 420 g/mol. The van der Waals surface area contributed by atoms with E-state index in [2.05, 4.69) is 6.92 Å². The van der Waals surface area contributed by atoms with Crippen LogP contribution in [0.15, 0.2) is 38.9 Å². The first kappa shape index (κ1) is 20.6. The van der Waals surface area contributed by atoms with Gasteiger partial charge in [-0.05, 0) is 30.0 Å². The van der Waals surface area contributed by atoms with Crippen LogP contribution in [0.4, 0.5) is 0 Å². The third kappa shape index (κ3) is 3.50. The van der Waals surface area contributed by atoms with Crippen molar-refractivity contribution in [1.82, 2.24) is 9.55 Å². The number of thiophene rings is 2. The fourth-order valence-corrected chi connectivity index (χ4v) is 5.49. The Labute approximate surface area is 181 Å². The number of methoxy groups -OCH3 is 1. The van der Waals surface area contributed by atoms with Gasteiger partial charge < -0.3 is 9.15 Å². The van der Waals surface area contributed by atoms with Crippen LogP contribution >= 0.6 is 22.7 Å². The van der Waals surface area contributed by atoms with Crippen molar-refractivity contribution in [2.24, 2.45) is 0 Å². The Balaban J connectivity index is 1.92. The number of fused-ring (bicyclic) bond motifs is 1. The van der Waals surface area contributed by atoms with Crippen molar-refractivity contribution in [3.05, 3.63) is 62.2 Å². The number of aromatic nitrogens is 2. The molecule has 0 N–H and O–H groups in total. The molecule has 6 nitrogen and oxygen atoms in total. The average molecular weight is 443 g/mol. The minimum Gasteiger partial charge on any atom is -0.463 e. The number of hydrogen-bond acceptors (Lipinski definition) is 7. The van der Waals surface area contributed by atoms with Crippen molar-refractivity contribution < 1.29 is 13.9 Å². The summed E-state index contributed by atoms with van der Waals surface area (Å²) in [5.74, 6) is 0.823. The first-order valence-corrected chi connectivity index (χ1v) is 11.4. The van der Waals surface area contributed by atoms with Crippen LogP contribution in [0.25, 0.3) is 20.7 Å². The van der Waals surface area contributed by atoms with E-state index in [1.54, 1.807) is 39.4 Å². The third-order valence-corrected chi connectivity index (χ3v) is 7.00. The first-order valence-electron chi connectivity index (χ1n) is 9.71. The molecule has 0 fully saturated rings. The largest absolute Gasteiger partial charge is 0.463 e. The Morgan fingerprint density at radius 3 is 2.73 bits per heavy atom. The normalized spacial score (nSPS) is 11.5. The van der Waals surface area contributed by atoms with Crippen molar-refractivity contribution in [2.45, 2.75) is 39.7 Å². The molecule has 0 bridgehead atoms. The first-order chi connectivity index (χ1) is 14.4. The Hall–Kier alpha value is -2.71. The van der Waals surface area contributed by atoms with Crippen LogP contribution in [0.2, 0.25) is 0 Å². The van der Waals surface area contributed by atoms with E-state index in [1.165, 1.54) is 7.11 Å². The highest BCUT2D eigenvalue weighted by Gasteiger charge is 2.23. The molecule has 4 aromatic heterocycles. The molecule has 4 rings (SSSR count). The van der Waals surface area contributed by atoms with Crippen LogP contribution in [0.5, 0.6) is 0 Å². The molecular formula is C22H22N2O4S2. The van der Waals surface area contributed by atoms with Crippen molar-refractivity contribution in [1.29, 1.82) is 0 Å². The molecule has 0 aromatic carbocycles. The lowest BCUT2D eigenvalue weighted by Gasteiger charge is -2.14. The number of rotatable bonds is 6. The van der Waals surface area contributed by atoms with Gasteiger partial charge in [-0.3, -0.25) is 9.36 Å².